The third kappa shape index (κ3) is 3.81. The van der Waals surface area contributed by atoms with Crippen LogP contribution in [0.1, 0.15) is 0 Å². The van der Waals surface area contributed by atoms with E-state index in [4.69, 9.17) is 4.98 Å². The van der Waals surface area contributed by atoms with Gasteiger partial charge in [0.15, 0.2) is 0 Å². The van der Waals surface area contributed by atoms with Crippen LogP contribution in [0.5, 0.6) is 0 Å². The van der Waals surface area contributed by atoms with Gasteiger partial charge in [0, 0.05) is 27.1 Å². The molecule has 0 fully saturated rings. The zero-order valence-corrected chi connectivity index (χ0v) is 24.1. The lowest BCUT2D eigenvalue weighted by molar-refractivity contribution is 1.45. The van der Waals surface area contributed by atoms with E-state index >= 15 is 0 Å². The van der Waals surface area contributed by atoms with Gasteiger partial charge < -0.3 is 0 Å². The summed E-state index contributed by atoms with van der Waals surface area (Å²) in [5.74, 6) is 0. The Morgan fingerprint density at radius 2 is 0.930 bits per heavy atom. The normalized spacial score (nSPS) is 11.7. The average molecular weight is 564 g/mol. The fourth-order valence-electron chi connectivity index (χ4n) is 6.80. The molecule has 0 radical (unpaired) electrons. The minimum absolute atomic E-state index is 1.03. The molecule has 0 saturated heterocycles. The highest BCUT2D eigenvalue weighted by atomic mass is 32.1. The molecule has 43 heavy (non-hydrogen) atoms. The second-order valence-corrected chi connectivity index (χ2v) is 12.2. The van der Waals surface area contributed by atoms with E-state index in [1.807, 2.05) is 17.5 Å². The van der Waals surface area contributed by atoms with Crippen LogP contribution < -0.4 is 0 Å². The molecule has 0 spiro atoms. The maximum Gasteiger partial charge on any atom is 0.0715 e. The van der Waals surface area contributed by atoms with Gasteiger partial charge >= 0.3 is 0 Å². The molecule has 7 aromatic carbocycles. The smallest absolute Gasteiger partial charge is 0.0715 e. The molecule has 2 heterocycles. The summed E-state index contributed by atoms with van der Waals surface area (Å²) in [6.45, 7) is 0. The highest BCUT2D eigenvalue weighted by Gasteiger charge is 2.17. The van der Waals surface area contributed by atoms with Gasteiger partial charge in [0.2, 0.25) is 0 Å². The fourth-order valence-corrected chi connectivity index (χ4v) is 7.89. The molecule has 9 aromatic rings. The summed E-state index contributed by atoms with van der Waals surface area (Å²) >= 11 is 1.82. The molecule has 0 aliphatic rings. The highest BCUT2D eigenvalue weighted by molar-refractivity contribution is 7.26. The molecule has 0 saturated carbocycles. The predicted octanol–water partition coefficient (Wildman–Crippen LogP) is 11.9. The summed E-state index contributed by atoms with van der Waals surface area (Å²) in [6, 6.07) is 52.9. The average Bonchev–Trinajstić information content (AvgIpc) is 3.46. The Labute approximate surface area is 253 Å². The van der Waals surface area contributed by atoms with Crippen molar-refractivity contribution in [3.05, 3.63) is 152 Å². The molecule has 2 heteroatoms. The van der Waals surface area contributed by atoms with Gasteiger partial charge in [-0.25, -0.2) is 0 Å². The van der Waals surface area contributed by atoms with Gasteiger partial charge in [-0.15, -0.1) is 11.3 Å². The minimum Gasteiger partial charge on any atom is -0.255 e. The molecule has 1 nitrogen and oxygen atoms in total. The number of rotatable bonds is 3. The van der Waals surface area contributed by atoms with E-state index in [0.29, 0.717) is 0 Å². The summed E-state index contributed by atoms with van der Waals surface area (Å²) < 4.78 is 2.54. The first-order chi connectivity index (χ1) is 21.3. The molecule has 9 rings (SSSR count). The first-order valence-corrected chi connectivity index (χ1v) is 15.4. The quantitative estimate of drug-likeness (QED) is 0.195. The van der Waals surface area contributed by atoms with Crippen molar-refractivity contribution in [2.45, 2.75) is 0 Å². The van der Waals surface area contributed by atoms with Gasteiger partial charge in [-0.3, -0.25) is 4.98 Å². The topological polar surface area (TPSA) is 12.9 Å². The van der Waals surface area contributed by atoms with Crippen molar-refractivity contribution >= 4 is 64.0 Å². The lowest BCUT2D eigenvalue weighted by Gasteiger charge is -2.18. The van der Waals surface area contributed by atoms with E-state index in [1.54, 1.807) is 0 Å². The zero-order valence-electron chi connectivity index (χ0n) is 23.3. The van der Waals surface area contributed by atoms with E-state index in [9.17, 15) is 0 Å². The monoisotopic (exact) mass is 563 g/mol. The molecule has 0 atom stereocenters. The van der Waals surface area contributed by atoms with Crippen LogP contribution >= 0.6 is 11.3 Å². The Hall–Kier alpha value is -5.31. The van der Waals surface area contributed by atoms with Gasteiger partial charge in [0.05, 0.1) is 10.2 Å². The third-order valence-electron chi connectivity index (χ3n) is 8.69. The summed E-state index contributed by atoms with van der Waals surface area (Å²) in [5, 5.41) is 8.91. The van der Waals surface area contributed by atoms with Crippen molar-refractivity contribution < 1.29 is 0 Å². The second kappa shape index (κ2) is 9.62. The predicted molar refractivity (Wildman–Crippen MR) is 186 cm³/mol. The number of benzene rings is 7. The standard InChI is InChI=1S/C41H25NS/c1-2-11-26(12-3-1)39-30-15-4-6-17-32(30)40(33-18-7-5-16-31(33)39)29-14-10-13-27(23-29)28-21-22-34-36(24-28)42-25-38-41(34)35-19-8-9-20-37(35)43-38/h1-25H. The molecular formula is C41H25NS. The Morgan fingerprint density at radius 3 is 1.65 bits per heavy atom. The van der Waals surface area contributed by atoms with Gasteiger partial charge in [-0.05, 0) is 73.1 Å². The summed E-state index contributed by atoms with van der Waals surface area (Å²) in [7, 11) is 0. The molecule has 0 N–H and O–H groups in total. The van der Waals surface area contributed by atoms with E-state index in [2.05, 4.69) is 146 Å². The van der Waals surface area contributed by atoms with Gasteiger partial charge in [-0.1, -0.05) is 127 Å². The first kappa shape index (κ1) is 24.3. The Bertz CT molecular complexity index is 2450. The number of nitrogens with zero attached hydrogens (tertiary/aromatic N) is 1. The molecule has 0 aliphatic heterocycles. The molecule has 0 amide bonds. The number of fused-ring (bicyclic) bond motifs is 7. The maximum atomic E-state index is 4.90. The molecular weight excluding hydrogens is 539 g/mol. The van der Waals surface area contributed by atoms with Crippen molar-refractivity contribution in [1.82, 2.24) is 4.98 Å². The largest absolute Gasteiger partial charge is 0.255 e. The van der Waals surface area contributed by atoms with Crippen molar-refractivity contribution in [2.24, 2.45) is 0 Å². The molecule has 0 aliphatic carbocycles. The van der Waals surface area contributed by atoms with E-state index in [-0.39, 0.29) is 0 Å². The molecule has 0 bridgehead atoms. The molecule has 0 unspecified atom stereocenters. The molecule has 200 valence electrons. The van der Waals surface area contributed by atoms with Gasteiger partial charge in [-0.2, -0.15) is 0 Å². The van der Waals surface area contributed by atoms with Gasteiger partial charge in [0.25, 0.3) is 0 Å². The van der Waals surface area contributed by atoms with E-state index in [0.717, 1.165) is 5.52 Å². The Kier molecular flexibility index (Phi) is 5.44. The van der Waals surface area contributed by atoms with Crippen molar-refractivity contribution in [3.63, 3.8) is 0 Å². The zero-order chi connectivity index (χ0) is 28.3. The van der Waals surface area contributed by atoms with Crippen molar-refractivity contribution in [1.29, 1.82) is 0 Å². The Morgan fingerprint density at radius 1 is 0.372 bits per heavy atom. The van der Waals surface area contributed by atoms with Crippen LogP contribution in [0.3, 0.4) is 0 Å². The number of hydrogen-bond donors (Lipinski definition) is 0. The first-order valence-electron chi connectivity index (χ1n) is 14.6. The van der Waals surface area contributed by atoms with Crippen molar-refractivity contribution in [3.8, 4) is 33.4 Å². The van der Waals surface area contributed by atoms with Crippen LogP contribution in [0.15, 0.2) is 152 Å². The van der Waals surface area contributed by atoms with Gasteiger partial charge in [0.1, 0.15) is 0 Å². The maximum absolute atomic E-state index is 4.90. The van der Waals surface area contributed by atoms with Crippen LogP contribution in [-0.4, -0.2) is 4.98 Å². The SMILES string of the molecule is c1ccc(-c2c3ccccc3c(-c3cccc(-c4ccc5c(c4)ncc4sc6ccccc6c45)c3)c3ccccc23)cc1. The van der Waals surface area contributed by atoms with Crippen LogP contribution in [0.2, 0.25) is 0 Å². The summed E-state index contributed by atoms with van der Waals surface area (Å²) in [4.78, 5) is 4.90. The number of aromatic nitrogens is 1. The van der Waals surface area contributed by atoms with Crippen LogP contribution in [0.4, 0.5) is 0 Å². The van der Waals surface area contributed by atoms with Crippen LogP contribution in [0.25, 0.3) is 86.0 Å². The highest BCUT2D eigenvalue weighted by Crippen LogP contribution is 2.44. The van der Waals surface area contributed by atoms with E-state index in [1.165, 1.54) is 80.5 Å². The van der Waals surface area contributed by atoms with Crippen LogP contribution in [-0.2, 0) is 0 Å². The number of pyridine rings is 1. The Balaban J connectivity index is 1.26. The fraction of sp³-hybridized carbons (Fsp3) is 0. The van der Waals surface area contributed by atoms with Crippen molar-refractivity contribution in [2.75, 3.05) is 0 Å². The van der Waals surface area contributed by atoms with Crippen LogP contribution in [0, 0.1) is 0 Å². The summed E-state index contributed by atoms with van der Waals surface area (Å²) in [5.41, 5.74) is 8.43. The molecule has 2 aromatic heterocycles. The second-order valence-electron chi connectivity index (χ2n) is 11.1. The third-order valence-corrected chi connectivity index (χ3v) is 9.79. The lowest BCUT2D eigenvalue weighted by Crippen LogP contribution is -1.91. The number of hydrogen-bond acceptors (Lipinski definition) is 2. The minimum atomic E-state index is 1.03. The van der Waals surface area contributed by atoms with E-state index < -0.39 is 0 Å². The lowest BCUT2D eigenvalue weighted by atomic mass is 9.85. The number of thiophene rings is 1. The summed E-state index contributed by atoms with van der Waals surface area (Å²) in [6.07, 6.45) is 2.04.